The van der Waals surface area contributed by atoms with Gasteiger partial charge in [0, 0.05) is 12.1 Å². The topological polar surface area (TPSA) is 47.0 Å². The quantitative estimate of drug-likeness (QED) is 0.908. The minimum Gasteiger partial charge on any atom is -0.367 e. The van der Waals surface area contributed by atoms with Gasteiger partial charge in [0.1, 0.15) is 11.6 Å². The third-order valence-corrected chi connectivity index (χ3v) is 3.59. The number of hydrogen-bond donors (Lipinski definition) is 1. The van der Waals surface area contributed by atoms with E-state index in [-0.39, 0.29) is 17.2 Å². The highest BCUT2D eigenvalue weighted by Crippen LogP contribution is 2.38. The summed E-state index contributed by atoms with van der Waals surface area (Å²) in [7, 11) is 0. The molecule has 0 bridgehead atoms. The van der Waals surface area contributed by atoms with Gasteiger partial charge < -0.3 is 10.1 Å². The van der Waals surface area contributed by atoms with Crippen LogP contribution in [0.4, 0.5) is 5.82 Å². The number of nitrogens with one attached hydrogen (secondary N) is 1. The Labute approximate surface area is 116 Å². The Morgan fingerprint density at radius 3 is 2.53 bits per heavy atom. The number of ether oxygens (including phenoxy) is 1. The Kier molecular flexibility index (Phi) is 3.56. The highest BCUT2D eigenvalue weighted by Gasteiger charge is 2.45. The first-order chi connectivity index (χ1) is 8.70. The second-order valence-electron chi connectivity index (χ2n) is 6.82. The van der Waals surface area contributed by atoms with Crippen LogP contribution in [0.5, 0.6) is 0 Å². The molecule has 0 spiro atoms. The van der Waals surface area contributed by atoms with Crippen LogP contribution in [-0.4, -0.2) is 27.2 Å². The van der Waals surface area contributed by atoms with Gasteiger partial charge in [0.25, 0.3) is 0 Å². The molecule has 4 heteroatoms. The summed E-state index contributed by atoms with van der Waals surface area (Å²) in [6.45, 7) is 12.7. The predicted octanol–water partition coefficient (Wildman–Crippen LogP) is 3.36. The van der Waals surface area contributed by atoms with E-state index in [0.29, 0.717) is 5.92 Å². The van der Waals surface area contributed by atoms with Gasteiger partial charge >= 0.3 is 0 Å². The molecule has 0 amide bonds. The second-order valence-corrected chi connectivity index (χ2v) is 6.82. The molecule has 0 saturated carbocycles. The molecule has 1 aliphatic heterocycles. The van der Waals surface area contributed by atoms with E-state index in [0.717, 1.165) is 18.1 Å². The molecule has 0 aliphatic carbocycles. The molecule has 2 heterocycles. The summed E-state index contributed by atoms with van der Waals surface area (Å²) in [4.78, 5) is 8.87. The Hall–Kier alpha value is -1.16. The molecule has 4 nitrogen and oxygen atoms in total. The van der Waals surface area contributed by atoms with E-state index in [4.69, 9.17) is 4.74 Å². The monoisotopic (exact) mass is 263 g/mol. The number of hydrogen-bond acceptors (Lipinski definition) is 4. The van der Waals surface area contributed by atoms with Gasteiger partial charge in [-0.05, 0) is 40.2 Å². The average Bonchev–Trinajstić information content (AvgIpc) is 2.47. The van der Waals surface area contributed by atoms with Gasteiger partial charge in [0.05, 0.1) is 17.2 Å². The molecule has 0 radical (unpaired) electrons. The van der Waals surface area contributed by atoms with Crippen molar-refractivity contribution >= 4 is 5.82 Å². The van der Waals surface area contributed by atoms with Crippen molar-refractivity contribution in [2.75, 3.05) is 5.32 Å². The zero-order valence-electron chi connectivity index (χ0n) is 12.8. The molecule has 1 N–H and O–H groups in total. The van der Waals surface area contributed by atoms with Crippen LogP contribution in [0.25, 0.3) is 0 Å². The van der Waals surface area contributed by atoms with E-state index in [2.05, 4.69) is 56.8 Å². The first-order valence-corrected chi connectivity index (χ1v) is 6.99. The lowest BCUT2D eigenvalue weighted by atomic mass is 9.94. The summed E-state index contributed by atoms with van der Waals surface area (Å²) >= 11 is 0. The fourth-order valence-corrected chi connectivity index (χ4v) is 2.70. The molecule has 1 atom stereocenters. The van der Waals surface area contributed by atoms with Crippen molar-refractivity contribution in [1.29, 1.82) is 0 Å². The van der Waals surface area contributed by atoms with E-state index < -0.39 is 0 Å². The van der Waals surface area contributed by atoms with Crippen LogP contribution < -0.4 is 5.32 Å². The van der Waals surface area contributed by atoms with E-state index in [1.807, 2.05) is 12.3 Å². The smallest absolute Gasteiger partial charge is 0.133 e. The zero-order chi connectivity index (χ0) is 14.3. The Morgan fingerprint density at radius 1 is 1.32 bits per heavy atom. The van der Waals surface area contributed by atoms with Gasteiger partial charge in [0.2, 0.25) is 0 Å². The number of anilines is 1. The van der Waals surface area contributed by atoms with E-state index in [1.165, 1.54) is 0 Å². The minimum atomic E-state index is -0.188. The summed E-state index contributed by atoms with van der Waals surface area (Å²) in [5.74, 6) is 2.10. The van der Waals surface area contributed by atoms with Crippen LogP contribution in [0, 0.1) is 0 Å². The molecule has 0 aromatic carbocycles. The SMILES string of the molecule is CC(C)c1nccc(NC2CC(C)(C)OC2(C)C)n1. The average molecular weight is 263 g/mol. The molecule has 106 valence electrons. The molecule has 1 saturated heterocycles. The van der Waals surface area contributed by atoms with E-state index in [9.17, 15) is 0 Å². The van der Waals surface area contributed by atoms with E-state index >= 15 is 0 Å². The lowest BCUT2D eigenvalue weighted by molar-refractivity contribution is -0.0662. The van der Waals surface area contributed by atoms with Gasteiger partial charge in [-0.25, -0.2) is 9.97 Å². The standard InChI is InChI=1S/C15H25N3O/c1-10(2)13-16-8-7-12(18-13)17-11-9-14(3,4)19-15(11,5)6/h7-8,10-11H,9H2,1-6H3,(H,16,17,18). The van der Waals surface area contributed by atoms with Gasteiger partial charge in [-0.2, -0.15) is 0 Å². The van der Waals surface area contributed by atoms with Crippen LogP contribution in [0.3, 0.4) is 0 Å². The lowest BCUT2D eigenvalue weighted by Gasteiger charge is -2.28. The summed E-state index contributed by atoms with van der Waals surface area (Å²) in [6.07, 6.45) is 2.79. The second kappa shape index (κ2) is 4.75. The third kappa shape index (κ3) is 3.24. The number of rotatable bonds is 3. The van der Waals surface area contributed by atoms with Crippen LogP contribution in [0.15, 0.2) is 12.3 Å². The molecule has 1 aromatic rings. The maximum absolute atomic E-state index is 6.09. The Morgan fingerprint density at radius 2 is 2.00 bits per heavy atom. The van der Waals surface area contributed by atoms with Crippen molar-refractivity contribution in [2.24, 2.45) is 0 Å². The zero-order valence-corrected chi connectivity index (χ0v) is 12.8. The number of aromatic nitrogens is 2. The highest BCUT2D eigenvalue weighted by molar-refractivity contribution is 5.36. The highest BCUT2D eigenvalue weighted by atomic mass is 16.5. The predicted molar refractivity (Wildman–Crippen MR) is 77.4 cm³/mol. The summed E-state index contributed by atoms with van der Waals surface area (Å²) in [5.41, 5.74) is -0.276. The van der Waals surface area contributed by atoms with Gasteiger partial charge in [-0.3, -0.25) is 0 Å². The summed E-state index contributed by atoms with van der Waals surface area (Å²) < 4.78 is 6.09. The molecule has 1 unspecified atom stereocenters. The summed E-state index contributed by atoms with van der Waals surface area (Å²) in [6, 6.07) is 2.19. The van der Waals surface area contributed by atoms with Crippen molar-refractivity contribution in [1.82, 2.24) is 9.97 Å². The Bertz CT molecular complexity index is 454. The molecule has 1 aromatic heterocycles. The van der Waals surface area contributed by atoms with Crippen LogP contribution in [0.1, 0.15) is 59.7 Å². The maximum Gasteiger partial charge on any atom is 0.133 e. The largest absolute Gasteiger partial charge is 0.367 e. The van der Waals surface area contributed by atoms with Crippen molar-refractivity contribution in [3.05, 3.63) is 18.1 Å². The molecule has 1 aliphatic rings. The lowest BCUT2D eigenvalue weighted by Crippen LogP contribution is -2.38. The van der Waals surface area contributed by atoms with Gasteiger partial charge in [0.15, 0.2) is 0 Å². The molecular weight excluding hydrogens is 238 g/mol. The first-order valence-electron chi connectivity index (χ1n) is 6.99. The van der Waals surface area contributed by atoms with Crippen molar-refractivity contribution in [2.45, 2.75) is 71.1 Å². The first kappa shape index (κ1) is 14.3. The van der Waals surface area contributed by atoms with Crippen molar-refractivity contribution in [3.8, 4) is 0 Å². The van der Waals surface area contributed by atoms with Crippen molar-refractivity contribution in [3.63, 3.8) is 0 Å². The number of nitrogens with zero attached hydrogens (tertiary/aromatic N) is 2. The van der Waals surface area contributed by atoms with Crippen LogP contribution in [-0.2, 0) is 4.74 Å². The Balaban J connectivity index is 2.15. The normalized spacial score (nSPS) is 24.7. The summed E-state index contributed by atoms with van der Waals surface area (Å²) in [5, 5.41) is 3.51. The molecule has 19 heavy (non-hydrogen) atoms. The van der Waals surface area contributed by atoms with Gasteiger partial charge in [-0.15, -0.1) is 0 Å². The molecular formula is C15H25N3O. The van der Waals surface area contributed by atoms with E-state index in [1.54, 1.807) is 0 Å². The fourth-order valence-electron chi connectivity index (χ4n) is 2.70. The maximum atomic E-state index is 6.09. The minimum absolute atomic E-state index is 0.0882. The fraction of sp³-hybridized carbons (Fsp3) is 0.733. The third-order valence-electron chi connectivity index (χ3n) is 3.59. The van der Waals surface area contributed by atoms with Crippen LogP contribution in [0.2, 0.25) is 0 Å². The van der Waals surface area contributed by atoms with Crippen molar-refractivity contribution < 1.29 is 4.74 Å². The molecule has 2 rings (SSSR count). The molecule has 1 fully saturated rings. The van der Waals surface area contributed by atoms with Crippen LogP contribution >= 0.6 is 0 Å². The van der Waals surface area contributed by atoms with Gasteiger partial charge in [-0.1, -0.05) is 13.8 Å².